The van der Waals surface area contributed by atoms with Crippen molar-refractivity contribution in [2.24, 2.45) is 4.99 Å². The van der Waals surface area contributed by atoms with Crippen LogP contribution in [-0.2, 0) is 6.54 Å². The Morgan fingerprint density at radius 3 is 2.58 bits per heavy atom. The fourth-order valence-electron chi connectivity index (χ4n) is 2.12. The molecule has 2 rings (SSSR count). The molecule has 128 valence electrons. The smallest absolute Gasteiger partial charge is 0.191 e. The maximum absolute atomic E-state index is 12.9. The number of hydrogen-bond acceptors (Lipinski definition) is 3. The van der Waals surface area contributed by atoms with Gasteiger partial charge in [0, 0.05) is 36.3 Å². The SMILES string of the molecule is CN=C(NCCSc1ccc(F)cc1)NCc1ccccc1OC. The molecule has 0 fully saturated rings. The lowest BCUT2D eigenvalue weighted by atomic mass is 10.2. The maximum Gasteiger partial charge on any atom is 0.191 e. The van der Waals surface area contributed by atoms with Gasteiger partial charge in [-0.25, -0.2) is 4.39 Å². The van der Waals surface area contributed by atoms with Crippen molar-refractivity contribution in [3.05, 3.63) is 59.9 Å². The Labute approximate surface area is 146 Å². The molecule has 0 saturated heterocycles. The van der Waals surface area contributed by atoms with Crippen molar-refractivity contribution in [2.45, 2.75) is 11.4 Å². The average Bonchev–Trinajstić information content (AvgIpc) is 2.63. The number of aliphatic imine (C=N–C) groups is 1. The molecular weight excluding hydrogens is 325 g/mol. The van der Waals surface area contributed by atoms with E-state index in [1.165, 1.54) is 12.1 Å². The molecule has 0 radical (unpaired) electrons. The number of benzene rings is 2. The van der Waals surface area contributed by atoms with Crippen LogP contribution in [0, 0.1) is 5.82 Å². The number of nitrogens with one attached hydrogen (secondary N) is 2. The Morgan fingerprint density at radius 1 is 1.12 bits per heavy atom. The molecule has 0 heterocycles. The molecule has 0 aliphatic rings. The summed E-state index contributed by atoms with van der Waals surface area (Å²) in [5.41, 5.74) is 1.07. The second kappa shape index (κ2) is 9.82. The minimum atomic E-state index is -0.210. The number of hydrogen-bond donors (Lipinski definition) is 2. The van der Waals surface area contributed by atoms with Gasteiger partial charge in [0.05, 0.1) is 7.11 Å². The number of halogens is 1. The van der Waals surface area contributed by atoms with E-state index in [2.05, 4.69) is 15.6 Å². The van der Waals surface area contributed by atoms with Crippen molar-refractivity contribution in [1.82, 2.24) is 10.6 Å². The highest BCUT2D eigenvalue weighted by Gasteiger charge is 2.03. The lowest BCUT2D eigenvalue weighted by molar-refractivity contribution is 0.409. The summed E-state index contributed by atoms with van der Waals surface area (Å²) < 4.78 is 18.2. The molecule has 0 aliphatic carbocycles. The first-order valence-electron chi connectivity index (χ1n) is 7.67. The number of rotatable bonds is 7. The molecule has 4 nitrogen and oxygen atoms in total. The molecule has 0 unspecified atom stereocenters. The Bertz CT molecular complexity index is 662. The third-order valence-electron chi connectivity index (χ3n) is 3.34. The third kappa shape index (κ3) is 5.77. The highest BCUT2D eigenvalue weighted by atomic mass is 32.2. The van der Waals surface area contributed by atoms with Gasteiger partial charge in [0.25, 0.3) is 0 Å². The van der Waals surface area contributed by atoms with Gasteiger partial charge in [0.15, 0.2) is 5.96 Å². The van der Waals surface area contributed by atoms with Crippen molar-refractivity contribution in [2.75, 3.05) is 26.5 Å². The highest BCUT2D eigenvalue weighted by molar-refractivity contribution is 7.99. The zero-order valence-electron chi connectivity index (χ0n) is 13.9. The van der Waals surface area contributed by atoms with Crippen LogP contribution < -0.4 is 15.4 Å². The predicted octanol–water partition coefficient (Wildman–Crippen LogP) is 3.29. The van der Waals surface area contributed by atoms with E-state index in [1.807, 2.05) is 24.3 Å². The first-order chi connectivity index (χ1) is 11.7. The molecule has 0 aliphatic heterocycles. The fourth-order valence-corrected chi connectivity index (χ4v) is 2.89. The van der Waals surface area contributed by atoms with E-state index < -0.39 is 0 Å². The van der Waals surface area contributed by atoms with Crippen molar-refractivity contribution >= 4 is 17.7 Å². The molecule has 0 spiro atoms. The van der Waals surface area contributed by atoms with Crippen LogP contribution in [0.5, 0.6) is 5.75 Å². The van der Waals surface area contributed by atoms with Crippen LogP contribution in [-0.4, -0.2) is 32.4 Å². The van der Waals surface area contributed by atoms with Crippen LogP contribution in [0.4, 0.5) is 4.39 Å². The van der Waals surface area contributed by atoms with Gasteiger partial charge < -0.3 is 15.4 Å². The van der Waals surface area contributed by atoms with Crippen LogP contribution in [0.15, 0.2) is 58.4 Å². The molecule has 0 saturated carbocycles. The second-order valence-electron chi connectivity index (χ2n) is 4.97. The van der Waals surface area contributed by atoms with Gasteiger partial charge in [-0.15, -0.1) is 11.8 Å². The minimum Gasteiger partial charge on any atom is -0.496 e. The summed E-state index contributed by atoms with van der Waals surface area (Å²) in [4.78, 5) is 5.26. The van der Waals surface area contributed by atoms with E-state index in [0.717, 1.165) is 34.5 Å². The van der Waals surface area contributed by atoms with E-state index in [0.29, 0.717) is 6.54 Å². The maximum atomic E-state index is 12.9. The third-order valence-corrected chi connectivity index (χ3v) is 4.35. The van der Waals surface area contributed by atoms with Crippen LogP contribution >= 0.6 is 11.8 Å². The largest absolute Gasteiger partial charge is 0.496 e. The number of methoxy groups -OCH3 is 1. The monoisotopic (exact) mass is 347 g/mol. The van der Waals surface area contributed by atoms with Crippen LogP contribution in [0.25, 0.3) is 0 Å². The van der Waals surface area contributed by atoms with Gasteiger partial charge in [0.2, 0.25) is 0 Å². The van der Waals surface area contributed by atoms with Gasteiger partial charge >= 0.3 is 0 Å². The van der Waals surface area contributed by atoms with Crippen LogP contribution in [0.3, 0.4) is 0 Å². The lowest BCUT2D eigenvalue weighted by Crippen LogP contribution is -2.38. The predicted molar refractivity (Wildman–Crippen MR) is 98.3 cm³/mol. The molecule has 2 aromatic carbocycles. The van der Waals surface area contributed by atoms with Crippen LogP contribution in [0.2, 0.25) is 0 Å². The van der Waals surface area contributed by atoms with Crippen molar-refractivity contribution < 1.29 is 9.13 Å². The number of ether oxygens (including phenoxy) is 1. The Kier molecular flexibility index (Phi) is 7.42. The lowest BCUT2D eigenvalue weighted by Gasteiger charge is -2.13. The number of thioether (sulfide) groups is 1. The van der Waals surface area contributed by atoms with Crippen molar-refractivity contribution in [3.8, 4) is 5.75 Å². The summed E-state index contributed by atoms with van der Waals surface area (Å²) in [6.45, 7) is 1.39. The van der Waals surface area contributed by atoms with E-state index in [-0.39, 0.29) is 5.82 Å². The summed E-state index contributed by atoms with van der Waals surface area (Å²) in [5.74, 6) is 2.24. The zero-order valence-corrected chi connectivity index (χ0v) is 14.7. The second-order valence-corrected chi connectivity index (χ2v) is 6.14. The zero-order chi connectivity index (χ0) is 17.2. The summed E-state index contributed by atoms with van der Waals surface area (Å²) in [5, 5.41) is 6.53. The normalized spacial score (nSPS) is 11.2. The first kappa shape index (κ1) is 18.1. The molecule has 24 heavy (non-hydrogen) atoms. The van der Waals surface area contributed by atoms with E-state index >= 15 is 0 Å². The number of para-hydroxylation sites is 1. The minimum absolute atomic E-state index is 0.210. The summed E-state index contributed by atoms with van der Waals surface area (Å²) >= 11 is 1.67. The molecular formula is C18H22FN3OS. The molecule has 0 aromatic heterocycles. The molecule has 0 bridgehead atoms. The number of guanidine groups is 1. The topological polar surface area (TPSA) is 45.7 Å². The molecule has 0 atom stereocenters. The molecule has 2 N–H and O–H groups in total. The van der Waals surface area contributed by atoms with Gasteiger partial charge in [0.1, 0.15) is 11.6 Å². The van der Waals surface area contributed by atoms with Gasteiger partial charge in [-0.1, -0.05) is 18.2 Å². The van der Waals surface area contributed by atoms with Crippen molar-refractivity contribution in [1.29, 1.82) is 0 Å². The quantitative estimate of drug-likeness (QED) is 0.349. The van der Waals surface area contributed by atoms with Crippen LogP contribution in [0.1, 0.15) is 5.56 Å². The van der Waals surface area contributed by atoms with E-state index in [9.17, 15) is 4.39 Å². The Balaban J connectivity index is 1.73. The Morgan fingerprint density at radius 2 is 1.88 bits per heavy atom. The van der Waals surface area contributed by atoms with Gasteiger partial charge in [-0.2, -0.15) is 0 Å². The summed E-state index contributed by atoms with van der Waals surface area (Å²) in [6.07, 6.45) is 0. The highest BCUT2D eigenvalue weighted by Crippen LogP contribution is 2.17. The average molecular weight is 347 g/mol. The first-order valence-corrected chi connectivity index (χ1v) is 8.66. The summed E-state index contributed by atoms with van der Waals surface area (Å²) in [6, 6.07) is 14.4. The summed E-state index contributed by atoms with van der Waals surface area (Å²) in [7, 11) is 3.41. The fraction of sp³-hybridized carbons (Fsp3) is 0.278. The molecule has 6 heteroatoms. The van der Waals surface area contributed by atoms with Crippen molar-refractivity contribution in [3.63, 3.8) is 0 Å². The van der Waals surface area contributed by atoms with Gasteiger partial charge in [-0.3, -0.25) is 4.99 Å². The molecule has 2 aromatic rings. The standard InChI is InChI=1S/C18H22FN3OS/c1-20-18(22-13-14-5-3-4-6-17(14)23-2)21-11-12-24-16-9-7-15(19)8-10-16/h3-10H,11-13H2,1-2H3,(H2,20,21,22). The molecule has 0 amide bonds. The van der Waals surface area contributed by atoms with E-state index in [1.54, 1.807) is 38.1 Å². The van der Waals surface area contributed by atoms with Gasteiger partial charge in [-0.05, 0) is 30.3 Å². The Hall–Kier alpha value is -2.21. The van der Waals surface area contributed by atoms with E-state index in [4.69, 9.17) is 4.74 Å². The number of nitrogens with zero attached hydrogens (tertiary/aromatic N) is 1.